The Morgan fingerprint density at radius 1 is 1.23 bits per heavy atom. The summed E-state index contributed by atoms with van der Waals surface area (Å²) in [4.78, 5) is 14.3. The number of carbonyl (C=O) groups is 1. The fourth-order valence-electron chi connectivity index (χ4n) is 2.47. The summed E-state index contributed by atoms with van der Waals surface area (Å²) in [6, 6.07) is 8.04. The van der Waals surface area contributed by atoms with Crippen molar-refractivity contribution in [1.82, 2.24) is 4.98 Å². The van der Waals surface area contributed by atoms with Gasteiger partial charge in [-0.05, 0) is 56.0 Å². The maximum atomic E-state index is 11.3. The number of hydrogen-bond donors (Lipinski definition) is 2. The van der Waals surface area contributed by atoms with E-state index < -0.39 is 5.97 Å². The topological polar surface area (TPSA) is 76.9 Å². The number of aromatic nitrogens is 1. The molecule has 0 unspecified atom stereocenters. The summed E-state index contributed by atoms with van der Waals surface area (Å²) in [5.74, 6) is -0.962. The van der Waals surface area contributed by atoms with Gasteiger partial charge in [0.2, 0.25) is 0 Å². The van der Waals surface area contributed by atoms with Gasteiger partial charge >= 0.3 is 5.97 Å². The first-order chi connectivity index (χ1) is 10.3. The van der Waals surface area contributed by atoms with Gasteiger partial charge in [-0.1, -0.05) is 18.2 Å². The Kier molecular flexibility index (Phi) is 4.18. The van der Waals surface area contributed by atoms with E-state index in [0.717, 1.165) is 11.1 Å². The molecule has 4 nitrogen and oxygen atoms in total. The van der Waals surface area contributed by atoms with Crippen molar-refractivity contribution < 1.29 is 9.90 Å². The summed E-state index contributed by atoms with van der Waals surface area (Å²) < 4.78 is 0. The molecule has 0 spiro atoms. The summed E-state index contributed by atoms with van der Waals surface area (Å²) in [7, 11) is 0. The molecule has 0 aliphatic rings. The molecule has 0 amide bonds. The van der Waals surface area contributed by atoms with Crippen LogP contribution < -0.4 is 0 Å². The Morgan fingerprint density at radius 3 is 2.41 bits per heavy atom. The highest BCUT2D eigenvalue weighted by Crippen LogP contribution is 2.24. The maximum absolute atomic E-state index is 11.3. The number of nitrogens with zero attached hydrogens (tertiary/aromatic N) is 1. The van der Waals surface area contributed by atoms with E-state index in [1.807, 2.05) is 32.0 Å². The van der Waals surface area contributed by atoms with Gasteiger partial charge < -0.3 is 10.1 Å². The lowest BCUT2D eigenvalue weighted by Crippen LogP contribution is -1.98. The Bertz CT molecular complexity index is 820. The Labute approximate surface area is 129 Å². The number of benzene rings is 1. The number of aromatic carboxylic acids is 1. The molecule has 0 aliphatic carbocycles. The first kappa shape index (κ1) is 15.6. The van der Waals surface area contributed by atoms with Crippen molar-refractivity contribution in [3.8, 4) is 6.07 Å². The number of nitriles is 1. The van der Waals surface area contributed by atoms with Gasteiger partial charge in [-0.3, -0.25) is 0 Å². The van der Waals surface area contributed by atoms with Crippen LogP contribution in [0.15, 0.2) is 18.2 Å². The molecule has 1 aromatic heterocycles. The quantitative estimate of drug-likeness (QED) is 0.840. The zero-order valence-corrected chi connectivity index (χ0v) is 13.1. The monoisotopic (exact) mass is 294 g/mol. The molecule has 0 saturated carbocycles. The molecular weight excluding hydrogens is 276 g/mol. The third-order valence-electron chi connectivity index (χ3n) is 3.92. The Balaban J connectivity index is 2.55. The van der Waals surface area contributed by atoms with Crippen LogP contribution in [0.4, 0.5) is 0 Å². The minimum absolute atomic E-state index is 0.267. The second-order valence-corrected chi connectivity index (χ2v) is 5.44. The molecule has 0 radical (unpaired) electrons. The number of rotatable bonds is 3. The molecular formula is C18H18N2O2. The predicted octanol–water partition coefficient (Wildman–Crippen LogP) is 4.01. The highest BCUT2D eigenvalue weighted by atomic mass is 16.4. The normalized spacial score (nSPS) is 11.3. The average Bonchev–Trinajstić information content (AvgIpc) is 2.73. The standard InChI is InChI=1S/C18H18N2O2/c1-10-5-6-14(7-11(10)2)15(9-19)8-16-12(3)17(18(21)22)13(4)20-16/h5-8,20H,1-4H3,(H,21,22)/b15-8+. The van der Waals surface area contributed by atoms with Gasteiger partial charge in [0.15, 0.2) is 0 Å². The van der Waals surface area contributed by atoms with Gasteiger partial charge in [0.05, 0.1) is 17.2 Å². The second kappa shape index (κ2) is 5.90. The summed E-state index contributed by atoms with van der Waals surface area (Å²) in [5, 5.41) is 18.7. The van der Waals surface area contributed by atoms with Gasteiger partial charge in [-0.2, -0.15) is 5.26 Å². The van der Waals surface area contributed by atoms with Crippen LogP contribution in [0, 0.1) is 39.0 Å². The smallest absolute Gasteiger partial charge is 0.337 e. The molecule has 2 rings (SSSR count). The summed E-state index contributed by atoms with van der Waals surface area (Å²) >= 11 is 0. The van der Waals surface area contributed by atoms with Crippen molar-refractivity contribution in [2.75, 3.05) is 0 Å². The fourth-order valence-corrected chi connectivity index (χ4v) is 2.47. The number of aryl methyl sites for hydroxylation is 3. The third kappa shape index (κ3) is 2.79. The van der Waals surface area contributed by atoms with Crippen LogP contribution in [0.1, 0.15) is 44.0 Å². The van der Waals surface area contributed by atoms with Crippen LogP contribution in [0.3, 0.4) is 0 Å². The van der Waals surface area contributed by atoms with Gasteiger partial charge in [-0.15, -0.1) is 0 Å². The molecule has 2 aromatic rings. The fraction of sp³-hybridized carbons (Fsp3) is 0.222. The van der Waals surface area contributed by atoms with Gasteiger partial charge in [0.1, 0.15) is 0 Å². The second-order valence-electron chi connectivity index (χ2n) is 5.44. The number of H-pyrrole nitrogens is 1. The van der Waals surface area contributed by atoms with Crippen LogP contribution in [-0.4, -0.2) is 16.1 Å². The van der Waals surface area contributed by atoms with E-state index in [4.69, 9.17) is 0 Å². The molecule has 1 heterocycles. The first-order valence-electron chi connectivity index (χ1n) is 6.97. The lowest BCUT2D eigenvalue weighted by molar-refractivity contribution is 0.0695. The lowest BCUT2D eigenvalue weighted by Gasteiger charge is -2.04. The van der Waals surface area contributed by atoms with Gasteiger partial charge in [0, 0.05) is 11.4 Å². The molecule has 112 valence electrons. The summed E-state index contributed by atoms with van der Waals surface area (Å²) in [6.45, 7) is 7.48. The van der Waals surface area contributed by atoms with Crippen molar-refractivity contribution in [3.63, 3.8) is 0 Å². The van der Waals surface area contributed by atoms with Crippen molar-refractivity contribution in [3.05, 3.63) is 57.4 Å². The molecule has 1 aromatic carbocycles. The van der Waals surface area contributed by atoms with E-state index in [9.17, 15) is 15.2 Å². The Hall–Kier alpha value is -2.80. The summed E-state index contributed by atoms with van der Waals surface area (Å²) in [5.41, 5.74) is 5.77. The zero-order valence-electron chi connectivity index (χ0n) is 13.1. The molecule has 0 atom stereocenters. The van der Waals surface area contributed by atoms with E-state index in [2.05, 4.69) is 11.1 Å². The number of allylic oxidation sites excluding steroid dienone is 1. The number of hydrogen-bond acceptors (Lipinski definition) is 2. The average molecular weight is 294 g/mol. The van der Waals surface area contributed by atoms with Gasteiger partial charge in [-0.25, -0.2) is 4.79 Å². The predicted molar refractivity (Wildman–Crippen MR) is 86.6 cm³/mol. The Morgan fingerprint density at radius 2 is 1.91 bits per heavy atom. The SMILES string of the molecule is Cc1ccc(/C(C#N)=C/c2[nH]c(C)c(C(=O)O)c2C)cc1C. The highest BCUT2D eigenvalue weighted by Gasteiger charge is 2.16. The molecule has 0 fully saturated rings. The third-order valence-corrected chi connectivity index (χ3v) is 3.92. The van der Waals surface area contributed by atoms with Crippen LogP contribution >= 0.6 is 0 Å². The van der Waals surface area contributed by atoms with Crippen molar-refractivity contribution in [2.45, 2.75) is 27.7 Å². The van der Waals surface area contributed by atoms with Crippen LogP contribution in [0.2, 0.25) is 0 Å². The van der Waals surface area contributed by atoms with Crippen molar-refractivity contribution in [2.24, 2.45) is 0 Å². The summed E-state index contributed by atoms with van der Waals surface area (Å²) in [6.07, 6.45) is 1.71. The van der Waals surface area contributed by atoms with E-state index in [1.165, 1.54) is 5.56 Å². The lowest BCUT2D eigenvalue weighted by atomic mass is 10.00. The van der Waals surface area contributed by atoms with E-state index in [0.29, 0.717) is 22.5 Å². The van der Waals surface area contributed by atoms with E-state index in [-0.39, 0.29) is 5.56 Å². The maximum Gasteiger partial charge on any atom is 0.337 e. The number of carboxylic acids is 1. The molecule has 22 heavy (non-hydrogen) atoms. The van der Waals surface area contributed by atoms with Gasteiger partial charge in [0.25, 0.3) is 0 Å². The largest absolute Gasteiger partial charge is 0.478 e. The van der Waals surface area contributed by atoms with Crippen LogP contribution in [-0.2, 0) is 0 Å². The molecule has 0 saturated heterocycles. The minimum Gasteiger partial charge on any atom is -0.478 e. The van der Waals surface area contributed by atoms with E-state index in [1.54, 1.807) is 19.9 Å². The van der Waals surface area contributed by atoms with E-state index >= 15 is 0 Å². The zero-order chi connectivity index (χ0) is 16.4. The number of nitrogens with one attached hydrogen (secondary N) is 1. The molecule has 2 N–H and O–H groups in total. The first-order valence-corrected chi connectivity index (χ1v) is 6.97. The molecule has 0 bridgehead atoms. The molecule has 4 heteroatoms. The number of aromatic amines is 1. The van der Waals surface area contributed by atoms with Crippen LogP contribution in [0.25, 0.3) is 11.6 Å². The van der Waals surface area contributed by atoms with Crippen LogP contribution in [0.5, 0.6) is 0 Å². The van der Waals surface area contributed by atoms with Crippen molar-refractivity contribution in [1.29, 1.82) is 5.26 Å². The van der Waals surface area contributed by atoms with Crippen molar-refractivity contribution >= 4 is 17.6 Å². The minimum atomic E-state index is -0.962. The highest BCUT2D eigenvalue weighted by molar-refractivity contribution is 5.95. The molecule has 0 aliphatic heterocycles. The number of carboxylic acid groups (broad SMARTS) is 1.